The second-order valence-electron chi connectivity index (χ2n) is 3.64. The second-order valence-corrected chi connectivity index (χ2v) is 3.64. The highest BCUT2D eigenvalue weighted by Crippen LogP contribution is 2.16. The largest absolute Gasteiger partial charge is 0.463 e. The van der Waals surface area contributed by atoms with Gasteiger partial charge in [0.05, 0.1) is 12.7 Å². The van der Waals surface area contributed by atoms with Crippen molar-refractivity contribution in [2.45, 2.75) is 26.2 Å². The Morgan fingerprint density at radius 3 is 2.89 bits per heavy atom. The van der Waals surface area contributed by atoms with Gasteiger partial charge in [-0.2, -0.15) is 0 Å². The van der Waals surface area contributed by atoms with Crippen LogP contribution < -0.4 is 0 Å². The van der Waals surface area contributed by atoms with Crippen LogP contribution in [0.3, 0.4) is 0 Å². The highest BCUT2D eigenvalue weighted by Gasteiger charge is 2.10. The minimum atomic E-state index is -0.638. The maximum Gasteiger partial charge on any atom is 0.433 e. The number of ether oxygens (including phenoxy) is 1. The van der Waals surface area contributed by atoms with Gasteiger partial charge in [0.1, 0.15) is 10.7 Å². The number of unbranched alkanes of at least 4 members (excludes halogenated alkanes) is 2. The lowest BCUT2D eigenvalue weighted by molar-refractivity contribution is -0.402. The zero-order valence-electron chi connectivity index (χ0n) is 10.1. The molecule has 0 saturated heterocycles. The number of hydrogen-bond donors (Lipinski definition) is 0. The average Bonchev–Trinajstić information content (AvgIpc) is 2.81. The molecule has 6 heteroatoms. The van der Waals surface area contributed by atoms with E-state index in [4.69, 9.17) is 9.15 Å². The molecule has 0 atom stereocenters. The Balaban J connectivity index is 2.38. The predicted octanol–water partition coefficient (Wildman–Crippen LogP) is 2.93. The van der Waals surface area contributed by atoms with Crippen molar-refractivity contribution in [3.8, 4) is 0 Å². The van der Waals surface area contributed by atoms with E-state index in [1.165, 1.54) is 24.3 Å². The number of esters is 1. The molecule has 0 aliphatic carbocycles. The van der Waals surface area contributed by atoms with Crippen LogP contribution in [-0.2, 0) is 9.53 Å². The molecule has 0 bridgehead atoms. The summed E-state index contributed by atoms with van der Waals surface area (Å²) < 4.78 is 9.76. The van der Waals surface area contributed by atoms with Crippen molar-refractivity contribution in [2.75, 3.05) is 6.61 Å². The van der Waals surface area contributed by atoms with Crippen molar-refractivity contribution in [1.82, 2.24) is 0 Å². The molecule has 1 rings (SSSR count). The zero-order chi connectivity index (χ0) is 13.4. The Morgan fingerprint density at radius 2 is 2.28 bits per heavy atom. The lowest BCUT2D eigenvalue weighted by atomic mass is 10.3. The zero-order valence-corrected chi connectivity index (χ0v) is 10.1. The summed E-state index contributed by atoms with van der Waals surface area (Å²) in [4.78, 5) is 20.9. The van der Waals surface area contributed by atoms with Gasteiger partial charge in [0.25, 0.3) is 0 Å². The van der Waals surface area contributed by atoms with E-state index in [1.807, 2.05) is 0 Å². The first-order valence-electron chi connectivity index (χ1n) is 5.72. The third-order valence-electron chi connectivity index (χ3n) is 2.17. The number of nitrogens with zero attached hydrogens (tertiary/aromatic N) is 1. The molecular formula is C12H15NO5. The highest BCUT2D eigenvalue weighted by atomic mass is 16.6. The number of carbonyl (C=O) groups is 1. The summed E-state index contributed by atoms with van der Waals surface area (Å²) in [6.07, 6.45) is 5.44. The SMILES string of the molecule is CCCCCOC(=O)C=Cc1ccc([N+](=O)[O-])o1. The number of furan rings is 1. The molecule has 0 spiro atoms. The summed E-state index contributed by atoms with van der Waals surface area (Å²) in [6, 6.07) is 2.64. The molecule has 0 amide bonds. The second kappa shape index (κ2) is 7.26. The van der Waals surface area contributed by atoms with Gasteiger partial charge < -0.3 is 9.15 Å². The van der Waals surface area contributed by atoms with Crippen LogP contribution in [0.5, 0.6) is 0 Å². The molecule has 0 fully saturated rings. The predicted molar refractivity (Wildman–Crippen MR) is 64.9 cm³/mol. The summed E-state index contributed by atoms with van der Waals surface area (Å²) in [5, 5.41) is 10.4. The fourth-order valence-electron chi connectivity index (χ4n) is 1.25. The molecule has 98 valence electrons. The fourth-order valence-corrected chi connectivity index (χ4v) is 1.25. The maximum atomic E-state index is 11.2. The number of nitro groups is 1. The van der Waals surface area contributed by atoms with E-state index in [2.05, 4.69) is 6.92 Å². The number of carbonyl (C=O) groups excluding carboxylic acids is 1. The molecule has 0 radical (unpaired) electrons. The first kappa shape index (κ1) is 14.0. The van der Waals surface area contributed by atoms with Gasteiger partial charge in [-0.05, 0) is 18.6 Å². The van der Waals surface area contributed by atoms with E-state index < -0.39 is 10.9 Å². The van der Waals surface area contributed by atoms with Crippen LogP contribution in [0.1, 0.15) is 31.9 Å². The lowest BCUT2D eigenvalue weighted by Gasteiger charge is -1.99. The van der Waals surface area contributed by atoms with Crippen molar-refractivity contribution >= 4 is 17.9 Å². The smallest absolute Gasteiger partial charge is 0.433 e. The molecule has 18 heavy (non-hydrogen) atoms. The van der Waals surface area contributed by atoms with Gasteiger partial charge in [0.15, 0.2) is 0 Å². The molecule has 1 heterocycles. The van der Waals surface area contributed by atoms with Crippen molar-refractivity contribution in [3.63, 3.8) is 0 Å². The summed E-state index contributed by atoms with van der Waals surface area (Å²) in [6.45, 7) is 2.45. The van der Waals surface area contributed by atoms with Crippen LogP contribution in [0, 0.1) is 10.1 Å². The van der Waals surface area contributed by atoms with Crippen LogP contribution in [0.15, 0.2) is 22.6 Å². The molecule has 0 aliphatic rings. The van der Waals surface area contributed by atoms with Crippen LogP contribution in [-0.4, -0.2) is 17.5 Å². The molecule has 6 nitrogen and oxygen atoms in total. The van der Waals surface area contributed by atoms with Gasteiger partial charge in [-0.25, -0.2) is 4.79 Å². The molecule has 0 unspecified atom stereocenters. The first-order valence-corrected chi connectivity index (χ1v) is 5.72. The average molecular weight is 253 g/mol. The van der Waals surface area contributed by atoms with Gasteiger partial charge in [-0.15, -0.1) is 0 Å². The molecule has 0 aliphatic heterocycles. The van der Waals surface area contributed by atoms with Crippen molar-refractivity contribution < 1.29 is 18.9 Å². The third-order valence-corrected chi connectivity index (χ3v) is 2.17. The quantitative estimate of drug-likeness (QED) is 0.245. The van der Waals surface area contributed by atoms with Crippen LogP contribution >= 0.6 is 0 Å². The van der Waals surface area contributed by atoms with Gasteiger partial charge >= 0.3 is 11.9 Å². The Labute approximate surface area is 104 Å². The first-order chi connectivity index (χ1) is 8.63. The van der Waals surface area contributed by atoms with E-state index in [-0.39, 0.29) is 11.6 Å². The number of hydrogen-bond acceptors (Lipinski definition) is 5. The number of rotatable bonds is 7. The minimum absolute atomic E-state index is 0.243. The molecular weight excluding hydrogens is 238 g/mol. The van der Waals surface area contributed by atoms with Gasteiger partial charge in [-0.1, -0.05) is 19.8 Å². The highest BCUT2D eigenvalue weighted by molar-refractivity contribution is 5.86. The Bertz CT molecular complexity index is 435. The monoisotopic (exact) mass is 253 g/mol. The van der Waals surface area contributed by atoms with E-state index in [1.54, 1.807) is 0 Å². The third kappa shape index (κ3) is 4.82. The molecule has 1 aromatic rings. The van der Waals surface area contributed by atoms with Crippen LogP contribution in [0.25, 0.3) is 6.08 Å². The van der Waals surface area contributed by atoms with E-state index in [9.17, 15) is 14.9 Å². The molecule has 0 N–H and O–H groups in total. The normalized spacial score (nSPS) is 10.7. The fraction of sp³-hybridized carbons (Fsp3) is 0.417. The maximum absolute atomic E-state index is 11.2. The van der Waals surface area contributed by atoms with E-state index in [0.29, 0.717) is 6.61 Å². The topological polar surface area (TPSA) is 82.6 Å². The Hall–Kier alpha value is -2.11. The Kier molecular flexibility index (Phi) is 5.63. The summed E-state index contributed by atoms with van der Waals surface area (Å²) >= 11 is 0. The van der Waals surface area contributed by atoms with Crippen LogP contribution in [0.2, 0.25) is 0 Å². The summed E-state index contributed by atoms with van der Waals surface area (Å²) in [5.74, 6) is -0.594. The van der Waals surface area contributed by atoms with Crippen molar-refractivity contribution in [1.29, 1.82) is 0 Å². The molecule has 0 saturated carbocycles. The molecule has 0 aromatic carbocycles. The van der Waals surface area contributed by atoms with E-state index >= 15 is 0 Å². The lowest BCUT2D eigenvalue weighted by Crippen LogP contribution is -2.01. The minimum Gasteiger partial charge on any atom is -0.463 e. The van der Waals surface area contributed by atoms with Crippen molar-refractivity contribution in [2.24, 2.45) is 0 Å². The van der Waals surface area contributed by atoms with Gasteiger partial charge in [0.2, 0.25) is 0 Å². The van der Waals surface area contributed by atoms with Gasteiger partial charge in [0, 0.05) is 6.08 Å². The Morgan fingerprint density at radius 1 is 1.50 bits per heavy atom. The molecule has 1 aromatic heterocycles. The van der Waals surface area contributed by atoms with E-state index in [0.717, 1.165) is 19.3 Å². The van der Waals surface area contributed by atoms with Crippen LogP contribution in [0.4, 0.5) is 5.88 Å². The standard InChI is InChI=1S/C12H15NO5/c1-2-3-4-9-17-12(14)8-6-10-5-7-11(18-10)13(15)16/h5-8H,2-4,9H2,1H3. The van der Waals surface area contributed by atoms with Crippen molar-refractivity contribution in [3.05, 3.63) is 34.1 Å². The summed E-state index contributed by atoms with van der Waals surface area (Å²) in [7, 11) is 0. The van der Waals surface area contributed by atoms with Gasteiger partial charge in [-0.3, -0.25) is 10.1 Å². The summed E-state index contributed by atoms with van der Waals surface area (Å²) in [5.41, 5.74) is 0.